The Morgan fingerprint density at radius 1 is 0.432 bits per heavy atom. The Hall–Kier alpha value is 1.26. The second kappa shape index (κ2) is 21.9. The van der Waals surface area contributed by atoms with Gasteiger partial charge >= 0.3 is 247 Å². The fourth-order valence-electron chi connectivity index (χ4n) is 4.93. The van der Waals surface area contributed by atoms with Gasteiger partial charge in [-0.05, 0) is 0 Å². The number of unbranched alkanes of at least 4 members (excludes halogenated alkanes) is 6. The molecule has 0 atom stereocenters. The molecule has 0 heterocycles. The molecule has 0 aromatic rings. The van der Waals surface area contributed by atoms with Crippen LogP contribution in [0.5, 0.6) is 0 Å². The fraction of sp³-hybridized carbons (Fsp3) is 0.929. The van der Waals surface area contributed by atoms with Crippen molar-refractivity contribution in [1.29, 1.82) is 0 Å². The second-order valence-corrected chi connectivity index (χ2v) is 45.0. The van der Waals surface area contributed by atoms with Gasteiger partial charge in [0.1, 0.15) is 0 Å². The van der Waals surface area contributed by atoms with Gasteiger partial charge in [-0.25, -0.2) is 0 Å². The first-order valence-corrected chi connectivity index (χ1v) is 34.5. The van der Waals surface area contributed by atoms with Crippen molar-refractivity contribution < 1.29 is 18.6 Å². The third kappa shape index (κ3) is 16.3. The Labute approximate surface area is 245 Å². The van der Waals surface area contributed by atoms with E-state index in [1.165, 1.54) is 0 Å². The molecule has 6 nitrogen and oxygen atoms in total. The van der Waals surface area contributed by atoms with Gasteiger partial charge in [-0.1, -0.05) is 0 Å². The van der Waals surface area contributed by atoms with E-state index in [4.69, 9.17) is 8.97 Å². The van der Waals surface area contributed by atoms with Crippen molar-refractivity contribution in [3.8, 4) is 0 Å². The molecule has 0 N–H and O–H groups in total. The van der Waals surface area contributed by atoms with E-state index in [1.54, 1.807) is 13.8 Å². The Morgan fingerprint density at radius 3 is 0.838 bits per heavy atom. The minimum atomic E-state index is -3.82. The molecule has 220 valence electrons. The van der Waals surface area contributed by atoms with Gasteiger partial charge in [0.05, 0.1) is 0 Å². The SMILES string of the molecule is CCC[CH2][Sn]([CH2]CCC)([O]C(C)=O)[O][Sn]([CH2]CCC)([CH2]CCC)[O][Sn]([CH2]CCC)([CH2]CCC)[O]C(C)=O. The van der Waals surface area contributed by atoms with Crippen LogP contribution in [0.25, 0.3) is 0 Å². The molecule has 0 unspecified atom stereocenters. The first-order valence-electron chi connectivity index (χ1n) is 15.4. The van der Waals surface area contributed by atoms with E-state index in [2.05, 4.69) is 41.5 Å². The first kappa shape index (κ1) is 38.3. The summed E-state index contributed by atoms with van der Waals surface area (Å²) in [5, 5.41) is 0. The molecule has 0 rings (SSSR count). The molecule has 0 spiro atoms. The molecule has 0 aliphatic rings. The van der Waals surface area contributed by atoms with Crippen molar-refractivity contribution in [3.63, 3.8) is 0 Å². The predicted octanol–water partition coefficient (Wildman–Crippen LogP) is 9.27. The summed E-state index contributed by atoms with van der Waals surface area (Å²) >= 11 is -11.4. The van der Waals surface area contributed by atoms with Crippen molar-refractivity contribution in [3.05, 3.63) is 0 Å². The summed E-state index contributed by atoms with van der Waals surface area (Å²) in [5.74, 6) is -0.387. The Balaban J connectivity index is 6.83. The summed E-state index contributed by atoms with van der Waals surface area (Å²) < 4.78 is 33.4. The van der Waals surface area contributed by atoms with Gasteiger partial charge in [-0.3, -0.25) is 0 Å². The Kier molecular flexibility index (Phi) is 22.7. The summed E-state index contributed by atoms with van der Waals surface area (Å²) in [4.78, 5) is 25.0. The zero-order valence-corrected chi connectivity index (χ0v) is 34.2. The third-order valence-corrected chi connectivity index (χ3v) is 62.5. The minimum absolute atomic E-state index is 0.194. The molecule has 0 radical (unpaired) electrons. The van der Waals surface area contributed by atoms with E-state index >= 15 is 0 Å². The van der Waals surface area contributed by atoms with Gasteiger partial charge in [0, 0.05) is 0 Å². The second-order valence-electron chi connectivity index (χ2n) is 10.7. The summed E-state index contributed by atoms with van der Waals surface area (Å²) in [5.41, 5.74) is 0. The van der Waals surface area contributed by atoms with Crippen molar-refractivity contribution in [2.75, 3.05) is 0 Å². The number of hydrogen-bond donors (Lipinski definition) is 0. The van der Waals surface area contributed by atoms with Crippen molar-refractivity contribution in [2.45, 2.75) is 159 Å². The van der Waals surface area contributed by atoms with Crippen LogP contribution in [0.15, 0.2) is 0 Å². The van der Waals surface area contributed by atoms with Gasteiger partial charge in [0.2, 0.25) is 0 Å². The molecule has 37 heavy (non-hydrogen) atoms. The Bertz CT molecular complexity index is 549. The number of hydrogen-bond acceptors (Lipinski definition) is 6. The zero-order chi connectivity index (χ0) is 28.2. The summed E-state index contributed by atoms with van der Waals surface area (Å²) in [6.45, 7) is 16.3. The van der Waals surface area contributed by atoms with Crippen LogP contribution < -0.4 is 0 Å². The molecule has 0 aliphatic heterocycles. The predicted molar refractivity (Wildman–Crippen MR) is 161 cm³/mol. The van der Waals surface area contributed by atoms with Gasteiger partial charge in [-0.15, -0.1) is 0 Å². The molecule has 0 bridgehead atoms. The van der Waals surface area contributed by atoms with Gasteiger partial charge in [0.15, 0.2) is 0 Å². The molecular weight excluding hydrogens is 788 g/mol. The van der Waals surface area contributed by atoms with E-state index in [0.717, 1.165) is 104 Å². The van der Waals surface area contributed by atoms with E-state index in [1.807, 2.05) is 0 Å². The van der Waals surface area contributed by atoms with E-state index < -0.39 is 57.6 Å². The third-order valence-electron chi connectivity index (χ3n) is 6.87. The summed E-state index contributed by atoms with van der Waals surface area (Å²) in [6, 6.07) is 0. The van der Waals surface area contributed by atoms with Crippen molar-refractivity contribution in [1.82, 2.24) is 0 Å². The maximum absolute atomic E-state index is 12.5. The van der Waals surface area contributed by atoms with Crippen LogP contribution in [0.2, 0.25) is 26.6 Å². The maximum atomic E-state index is 12.5. The Morgan fingerprint density at radius 2 is 0.649 bits per heavy atom. The summed E-state index contributed by atoms with van der Waals surface area (Å²) in [7, 11) is 0. The standard InChI is InChI=1S/6C4H9.2C2H4O2.2O.3Sn/c6*1-3-4-2;2*1-2(3)4;;;;;/h6*1,3-4H2,2H3;2*1H3,(H,3,4);;;;;/q;;;;;;;;;;;2*+1/p-2. The van der Waals surface area contributed by atoms with Crippen molar-refractivity contribution in [2.24, 2.45) is 0 Å². The number of carbonyl (C=O) groups is 2. The molecule has 0 aromatic carbocycles. The molecule has 0 aliphatic carbocycles. The average molecular weight is 849 g/mol. The number of rotatable bonds is 24. The van der Waals surface area contributed by atoms with E-state index in [9.17, 15) is 9.59 Å². The van der Waals surface area contributed by atoms with Crippen LogP contribution in [-0.4, -0.2) is 69.6 Å². The van der Waals surface area contributed by atoms with Crippen molar-refractivity contribution >= 4 is 69.6 Å². The average Bonchev–Trinajstić information content (AvgIpc) is 2.85. The van der Waals surface area contributed by atoms with Gasteiger partial charge in [-0.2, -0.15) is 0 Å². The number of carbonyl (C=O) groups excluding carboxylic acids is 2. The van der Waals surface area contributed by atoms with E-state index in [-0.39, 0.29) is 11.9 Å². The molecular formula is C28H60O6Sn3. The molecule has 0 saturated carbocycles. The molecule has 0 saturated heterocycles. The summed E-state index contributed by atoms with van der Waals surface area (Å²) in [6.07, 6.45) is 12.6. The van der Waals surface area contributed by atoms with Gasteiger partial charge < -0.3 is 0 Å². The van der Waals surface area contributed by atoms with Crippen LogP contribution in [0.3, 0.4) is 0 Å². The molecule has 9 heteroatoms. The first-order chi connectivity index (χ1) is 17.6. The quantitative estimate of drug-likeness (QED) is 0.0903. The van der Waals surface area contributed by atoms with E-state index in [0.29, 0.717) is 0 Å². The van der Waals surface area contributed by atoms with Crippen LogP contribution in [-0.2, 0) is 18.6 Å². The zero-order valence-electron chi connectivity index (χ0n) is 25.7. The fourth-order valence-corrected chi connectivity index (χ4v) is 82.4. The van der Waals surface area contributed by atoms with Crippen LogP contribution >= 0.6 is 0 Å². The topological polar surface area (TPSA) is 71.1 Å². The molecule has 0 fully saturated rings. The van der Waals surface area contributed by atoms with Crippen LogP contribution in [0.1, 0.15) is 132 Å². The van der Waals surface area contributed by atoms with Crippen LogP contribution in [0, 0.1) is 0 Å². The molecule has 0 amide bonds. The van der Waals surface area contributed by atoms with Crippen LogP contribution in [0.4, 0.5) is 0 Å². The molecule has 0 aromatic heterocycles. The van der Waals surface area contributed by atoms with Gasteiger partial charge in [0.25, 0.3) is 0 Å². The monoisotopic (exact) mass is 852 g/mol. The normalized spacial score (nSPS) is 12.5.